The second-order valence-corrected chi connectivity index (χ2v) is 5.04. The number of ether oxygens (including phenoxy) is 2. The highest BCUT2D eigenvalue weighted by atomic mass is 127. The molecule has 0 heterocycles. The predicted octanol–water partition coefficient (Wildman–Crippen LogP) is 4.38. The molecule has 3 heteroatoms. The Labute approximate surface area is 118 Å². The molecule has 0 bridgehead atoms. The molecular weight excluding hydrogens is 327 g/mol. The largest absolute Gasteiger partial charge is 0.497 e. The first-order valence-electron chi connectivity index (χ1n) is 6.06. The van der Waals surface area contributed by atoms with E-state index in [0.29, 0.717) is 6.10 Å². The summed E-state index contributed by atoms with van der Waals surface area (Å²) in [6, 6.07) is 8.14. The number of hydrogen-bond acceptors (Lipinski definition) is 2. The van der Waals surface area contributed by atoms with Crippen LogP contribution >= 0.6 is 22.6 Å². The van der Waals surface area contributed by atoms with Gasteiger partial charge in [0.1, 0.15) is 5.75 Å². The second kappa shape index (κ2) is 7.93. The maximum atomic E-state index is 6.06. The van der Waals surface area contributed by atoms with Crippen molar-refractivity contribution >= 4 is 22.6 Å². The highest BCUT2D eigenvalue weighted by Gasteiger charge is 2.14. The van der Waals surface area contributed by atoms with Crippen LogP contribution in [0.4, 0.5) is 0 Å². The van der Waals surface area contributed by atoms with Crippen LogP contribution in [-0.4, -0.2) is 17.6 Å². The van der Waals surface area contributed by atoms with Gasteiger partial charge in [-0.05, 0) is 31.0 Å². The van der Waals surface area contributed by atoms with Crippen molar-refractivity contribution in [3.63, 3.8) is 0 Å². The molecule has 2 nitrogen and oxygen atoms in total. The van der Waals surface area contributed by atoms with E-state index in [1.54, 1.807) is 7.11 Å². The minimum absolute atomic E-state index is 0.159. The van der Waals surface area contributed by atoms with Crippen LogP contribution in [0.3, 0.4) is 0 Å². The Balaban J connectivity index is 2.71. The van der Waals surface area contributed by atoms with Crippen LogP contribution in [0.5, 0.6) is 5.75 Å². The van der Waals surface area contributed by atoms with Gasteiger partial charge in [0, 0.05) is 4.43 Å². The lowest BCUT2D eigenvalue weighted by Crippen LogP contribution is -2.14. The smallest absolute Gasteiger partial charge is 0.119 e. The summed E-state index contributed by atoms with van der Waals surface area (Å²) in [5.41, 5.74) is 1.20. The molecule has 2 atom stereocenters. The van der Waals surface area contributed by atoms with Crippen LogP contribution in [0, 0.1) is 0 Å². The van der Waals surface area contributed by atoms with Crippen LogP contribution in [-0.2, 0) is 4.74 Å². The van der Waals surface area contributed by atoms with Gasteiger partial charge in [-0.3, -0.25) is 0 Å². The summed E-state index contributed by atoms with van der Waals surface area (Å²) in [7, 11) is 1.69. The first-order chi connectivity index (χ1) is 8.21. The molecule has 1 rings (SSSR count). The van der Waals surface area contributed by atoms with Gasteiger partial charge in [-0.25, -0.2) is 0 Å². The lowest BCUT2D eigenvalue weighted by atomic mass is 10.1. The minimum atomic E-state index is 0.159. The molecule has 0 saturated heterocycles. The molecule has 0 fully saturated rings. The summed E-state index contributed by atoms with van der Waals surface area (Å²) in [4.78, 5) is 0. The van der Waals surface area contributed by atoms with Gasteiger partial charge in [0.25, 0.3) is 0 Å². The van der Waals surface area contributed by atoms with E-state index in [1.165, 1.54) is 5.56 Å². The fraction of sp³-hybridized carbons (Fsp3) is 0.571. The summed E-state index contributed by atoms with van der Waals surface area (Å²) in [5.74, 6) is 0.893. The van der Waals surface area contributed by atoms with E-state index in [-0.39, 0.29) is 6.10 Å². The van der Waals surface area contributed by atoms with Gasteiger partial charge in [0.2, 0.25) is 0 Å². The zero-order valence-corrected chi connectivity index (χ0v) is 12.9. The third kappa shape index (κ3) is 4.84. The summed E-state index contributed by atoms with van der Waals surface area (Å²) in [6.45, 7) is 4.33. The van der Waals surface area contributed by atoms with Crippen molar-refractivity contribution in [3.8, 4) is 5.75 Å². The number of benzene rings is 1. The molecule has 2 unspecified atom stereocenters. The number of hydrogen-bond donors (Lipinski definition) is 0. The third-order valence-corrected chi connectivity index (χ3v) is 3.50. The predicted molar refractivity (Wildman–Crippen MR) is 80.1 cm³/mol. The standard InChI is InChI=1S/C14H21IO2/c1-4-6-11(2)17-14(10-15)12-7-5-8-13(9-12)16-3/h5,7-9,11,14H,4,6,10H2,1-3H3. The SMILES string of the molecule is CCCC(C)OC(CI)c1cccc(OC)c1. The van der Waals surface area contributed by atoms with Crippen LogP contribution in [0.2, 0.25) is 0 Å². The molecule has 0 aliphatic heterocycles. The van der Waals surface area contributed by atoms with Crippen molar-refractivity contribution < 1.29 is 9.47 Å². The van der Waals surface area contributed by atoms with E-state index in [1.807, 2.05) is 12.1 Å². The fourth-order valence-electron chi connectivity index (χ4n) is 1.80. The van der Waals surface area contributed by atoms with E-state index in [9.17, 15) is 0 Å². The van der Waals surface area contributed by atoms with Crippen LogP contribution in [0.25, 0.3) is 0 Å². The molecule has 0 amide bonds. The molecule has 1 aromatic rings. The Morgan fingerprint density at radius 2 is 2.12 bits per heavy atom. The van der Waals surface area contributed by atoms with Crippen molar-refractivity contribution in [1.82, 2.24) is 0 Å². The topological polar surface area (TPSA) is 18.5 Å². The average Bonchev–Trinajstić information content (AvgIpc) is 2.36. The quantitative estimate of drug-likeness (QED) is 0.538. The zero-order chi connectivity index (χ0) is 12.7. The highest BCUT2D eigenvalue weighted by Crippen LogP contribution is 2.25. The monoisotopic (exact) mass is 348 g/mol. The van der Waals surface area contributed by atoms with Gasteiger partial charge in [0.05, 0.1) is 19.3 Å². The number of rotatable bonds is 7. The van der Waals surface area contributed by atoms with Gasteiger partial charge in [-0.1, -0.05) is 48.1 Å². The number of halogens is 1. The van der Waals surface area contributed by atoms with Crippen molar-refractivity contribution in [2.45, 2.75) is 38.9 Å². The van der Waals surface area contributed by atoms with E-state index in [0.717, 1.165) is 23.0 Å². The van der Waals surface area contributed by atoms with Crippen molar-refractivity contribution in [1.29, 1.82) is 0 Å². The van der Waals surface area contributed by atoms with E-state index >= 15 is 0 Å². The molecule has 0 aliphatic rings. The van der Waals surface area contributed by atoms with E-state index < -0.39 is 0 Å². The summed E-state index contributed by atoms with van der Waals surface area (Å²) in [5, 5.41) is 0. The molecule has 0 aromatic heterocycles. The second-order valence-electron chi connectivity index (χ2n) is 4.15. The van der Waals surface area contributed by atoms with Crippen LogP contribution < -0.4 is 4.74 Å². The molecule has 0 N–H and O–H groups in total. The Morgan fingerprint density at radius 1 is 1.35 bits per heavy atom. The normalized spacial score (nSPS) is 14.4. The molecule has 96 valence electrons. The highest BCUT2D eigenvalue weighted by molar-refractivity contribution is 14.1. The van der Waals surface area contributed by atoms with Crippen molar-refractivity contribution in [2.75, 3.05) is 11.5 Å². The maximum Gasteiger partial charge on any atom is 0.119 e. The Kier molecular flexibility index (Phi) is 6.89. The molecule has 0 spiro atoms. The lowest BCUT2D eigenvalue weighted by Gasteiger charge is -2.21. The van der Waals surface area contributed by atoms with Gasteiger partial charge in [0.15, 0.2) is 0 Å². The summed E-state index contributed by atoms with van der Waals surface area (Å²) in [6.07, 6.45) is 2.74. The Hall–Kier alpha value is -0.290. The molecule has 1 aromatic carbocycles. The molecule has 0 radical (unpaired) electrons. The fourth-order valence-corrected chi connectivity index (χ4v) is 2.52. The minimum Gasteiger partial charge on any atom is -0.497 e. The van der Waals surface area contributed by atoms with Gasteiger partial charge in [-0.15, -0.1) is 0 Å². The maximum absolute atomic E-state index is 6.06. The van der Waals surface area contributed by atoms with Gasteiger partial charge in [-0.2, -0.15) is 0 Å². The number of methoxy groups -OCH3 is 1. The summed E-state index contributed by atoms with van der Waals surface area (Å²) < 4.78 is 12.3. The van der Waals surface area contributed by atoms with Gasteiger partial charge < -0.3 is 9.47 Å². The molecule has 17 heavy (non-hydrogen) atoms. The third-order valence-electron chi connectivity index (χ3n) is 2.70. The van der Waals surface area contributed by atoms with E-state index in [4.69, 9.17) is 9.47 Å². The van der Waals surface area contributed by atoms with E-state index in [2.05, 4.69) is 48.6 Å². The first-order valence-corrected chi connectivity index (χ1v) is 7.59. The van der Waals surface area contributed by atoms with Crippen molar-refractivity contribution in [2.24, 2.45) is 0 Å². The number of alkyl halides is 1. The lowest BCUT2D eigenvalue weighted by molar-refractivity contribution is 0.00672. The first kappa shape index (κ1) is 14.8. The van der Waals surface area contributed by atoms with Crippen LogP contribution in [0.15, 0.2) is 24.3 Å². The van der Waals surface area contributed by atoms with Crippen LogP contribution in [0.1, 0.15) is 38.4 Å². The molecular formula is C14H21IO2. The average molecular weight is 348 g/mol. The Bertz CT molecular complexity index is 328. The Morgan fingerprint density at radius 3 is 2.71 bits per heavy atom. The van der Waals surface area contributed by atoms with Gasteiger partial charge >= 0.3 is 0 Å². The molecule has 0 aliphatic carbocycles. The summed E-state index contributed by atoms with van der Waals surface area (Å²) >= 11 is 2.37. The molecule has 0 saturated carbocycles. The zero-order valence-electron chi connectivity index (χ0n) is 10.8. The van der Waals surface area contributed by atoms with Crippen molar-refractivity contribution in [3.05, 3.63) is 29.8 Å².